The van der Waals surface area contributed by atoms with E-state index in [9.17, 15) is 9.90 Å². The third-order valence-electron chi connectivity index (χ3n) is 5.40. The van der Waals surface area contributed by atoms with Crippen LogP contribution in [0.15, 0.2) is 78.9 Å². The van der Waals surface area contributed by atoms with Crippen LogP contribution in [0.25, 0.3) is 11.1 Å². The number of carbonyl (C=O) groups excluding carboxylic acids is 1. The number of methoxy groups -OCH3 is 1. The van der Waals surface area contributed by atoms with Crippen LogP contribution in [0, 0.1) is 0 Å². The highest BCUT2D eigenvalue weighted by Crippen LogP contribution is 2.33. The van der Waals surface area contributed by atoms with E-state index in [1.165, 1.54) is 0 Å². The van der Waals surface area contributed by atoms with Crippen LogP contribution in [-0.4, -0.2) is 36.1 Å². The van der Waals surface area contributed by atoms with Crippen molar-refractivity contribution < 1.29 is 14.6 Å². The normalized spacial score (nSPS) is 18.9. The van der Waals surface area contributed by atoms with E-state index in [-0.39, 0.29) is 5.91 Å². The molecule has 1 fully saturated rings. The smallest absolute Gasteiger partial charge is 0.253 e. The molecular formula is C24H23NO3. The third-order valence-corrected chi connectivity index (χ3v) is 5.40. The van der Waals surface area contributed by atoms with E-state index < -0.39 is 5.60 Å². The van der Waals surface area contributed by atoms with E-state index in [1.807, 2.05) is 78.9 Å². The van der Waals surface area contributed by atoms with Gasteiger partial charge in [0.1, 0.15) is 11.4 Å². The minimum Gasteiger partial charge on any atom is -0.496 e. The molecule has 142 valence electrons. The highest BCUT2D eigenvalue weighted by Gasteiger charge is 2.39. The zero-order chi connectivity index (χ0) is 19.6. The van der Waals surface area contributed by atoms with Gasteiger partial charge in [0.05, 0.1) is 13.7 Å². The first-order chi connectivity index (χ1) is 13.6. The van der Waals surface area contributed by atoms with Crippen molar-refractivity contribution in [3.63, 3.8) is 0 Å². The summed E-state index contributed by atoms with van der Waals surface area (Å²) in [6.45, 7) is 0.850. The SMILES string of the molecule is COc1ccccc1-c1ccc(C(=O)N2CC[C@@](O)(c3ccccc3)C2)cc1. The van der Waals surface area contributed by atoms with E-state index in [4.69, 9.17) is 4.74 Å². The fourth-order valence-electron chi connectivity index (χ4n) is 3.81. The first kappa shape index (κ1) is 18.3. The summed E-state index contributed by atoms with van der Waals surface area (Å²) in [6.07, 6.45) is 0.544. The van der Waals surface area contributed by atoms with Crippen molar-refractivity contribution in [2.75, 3.05) is 20.2 Å². The molecule has 1 aliphatic rings. The van der Waals surface area contributed by atoms with Crippen LogP contribution in [0.2, 0.25) is 0 Å². The van der Waals surface area contributed by atoms with E-state index in [0.717, 1.165) is 22.4 Å². The zero-order valence-corrected chi connectivity index (χ0v) is 15.8. The molecule has 1 aliphatic heterocycles. The van der Waals surface area contributed by atoms with Crippen LogP contribution in [-0.2, 0) is 5.60 Å². The molecule has 0 saturated carbocycles. The van der Waals surface area contributed by atoms with Gasteiger partial charge >= 0.3 is 0 Å². The highest BCUT2D eigenvalue weighted by molar-refractivity contribution is 5.95. The standard InChI is InChI=1S/C24H23NO3/c1-28-22-10-6-5-9-21(22)18-11-13-19(14-12-18)23(26)25-16-15-24(27,17-25)20-7-3-2-4-8-20/h2-14,27H,15-17H2,1H3/t24-/m0/s1. The van der Waals surface area contributed by atoms with Crippen molar-refractivity contribution in [3.8, 4) is 16.9 Å². The molecule has 0 bridgehead atoms. The van der Waals surface area contributed by atoms with Crippen molar-refractivity contribution in [2.24, 2.45) is 0 Å². The molecule has 0 spiro atoms. The average Bonchev–Trinajstić information content (AvgIpc) is 3.17. The van der Waals surface area contributed by atoms with Gasteiger partial charge in [0.25, 0.3) is 5.91 Å². The number of carbonyl (C=O) groups is 1. The predicted molar refractivity (Wildman–Crippen MR) is 109 cm³/mol. The van der Waals surface area contributed by atoms with Crippen LogP contribution in [0.3, 0.4) is 0 Å². The van der Waals surface area contributed by atoms with Crippen LogP contribution in [0.5, 0.6) is 5.75 Å². The maximum Gasteiger partial charge on any atom is 0.253 e. The van der Waals surface area contributed by atoms with Crippen molar-refractivity contribution >= 4 is 5.91 Å². The Hall–Kier alpha value is -3.11. The summed E-state index contributed by atoms with van der Waals surface area (Å²) in [6, 6.07) is 24.9. The van der Waals surface area contributed by atoms with E-state index in [0.29, 0.717) is 25.1 Å². The molecule has 4 nitrogen and oxygen atoms in total. The number of rotatable bonds is 4. The Labute approximate surface area is 165 Å². The van der Waals surface area contributed by atoms with Gasteiger partial charge in [-0.05, 0) is 35.7 Å². The lowest BCUT2D eigenvalue weighted by Gasteiger charge is -2.24. The summed E-state index contributed by atoms with van der Waals surface area (Å²) < 4.78 is 5.42. The van der Waals surface area contributed by atoms with Crippen LogP contribution >= 0.6 is 0 Å². The molecule has 0 radical (unpaired) electrons. The van der Waals surface area contributed by atoms with Gasteiger partial charge in [0.2, 0.25) is 0 Å². The maximum atomic E-state index is 12.9. The number of hydrogen-bond acceptors (Lipinski definition) is 3. The minimum absolute atomic E-state index is 0.0570. The summed E-state index contributed by atoms with van der Waals surface area (Å²) in [4.78, 5) is 14.7. The fraction of sp³-hybridized carbons (Fsp3) is 0.208. The van der Waals surface area contributed by atoms with Gasteiger partial charge in [0.15, 0.2) is 0 Å². The second kappa shape index (κ2) is 7.49. The second-order valence-corrected chi connectivity index (χ2v) is 7.15. The average molecular weight is 373 g/mol. The first-order valence-corrected chi connectivity index (χ1v) is 9.41. The van der Waals surface area contributed by atoms with Crippen molar-refractivity contribution in [2.45, 2.75) is 12.0 Å². The van der Waals surface area contributed by atoms with Crippen molar-refractivity contribution in [1.29, 1.82) is 0 Å². The molecule has 1 N–H and O–H groups in total. The number of β-amino-alcohol motifs (C(OH)–C–C–N with tert-alkyl or cyclic N) is 1. The zero-order valence-electron chi connectivity index (χ0n) is 15.8. The van der Waals surface area contributed by atoms with Crippen molar-refractivity contribution in [3.05, 3.63) is 90.0 Å². The number of nitrogens with zero attached hydrogens (tertiary/aromatic N) is 1. The Kier molecular flexibility index (Phi) is 4.88. The van der Waals surface area contributed by atoms with E-state index >= 15 is 0 Å². The second-order valence-electron chi connectivity index (χ2n) is 7.15. The quantitative estimate of drug-likeness (QED) is 0.749. The Morgan fingerprint density at radius 2 is 1.64 bits per heavy atom. The molecule has 1 heterocycles. The number of likely N-dealkylation sites (tertiary alicyclic amines) is 1. The lowest BCUT2D eigenvalue weighted by Crippen LogP contribution is -2.34. The Morgan fingerprint density at radius 3 is 2.36 bits per heavy atom. The predicted octanol–water partition coefficient (Wildman–Crippen LogP) is 4.10. The Morgan fingerprint density at radius 1 is 0.964 bits per heavy atom. The van der Waals surface area contributed by atoms with E-state index in [1.54, 1.807) is 12.0 Å². The van der Waals surface area contributed by atoms with Gasteiger partial charge in [-0.2, -0.15) is 0 Å². The molecule has 3 aromatic rings. The molecule has 28 heavy (non-hydrogen) atoms. The third kappa shape index (κ3) is 3.39. The van der Waals surface area contributed by atoms with Gasteiger partial charge in [-0.3, -0.25) is 4.79 Å². The Balaban J connectivity index is 1.52. The van der Waals surface area contributed by atoms with Gasteiger partial charge < -0.3 is 14.7 Å². The van der Waals surface area contributed by atoms with Crippen LogP contribution in [0.1, 0.15) is 22.3 Å². The molecule has 0 unspecified atom stereocenters. The molecule has 4 rings (SSSR count). The largest absolute Gasteiger partial charge is 0.496 e. The number of benzene rings is 3. The molecule has 3 aromatic carbocycles. The molecule has 4 heteroatoms. The lowest BCUT2D eigenvalue weighted by atomic mass is 9.93. The summed E-state index contributed by atoms with van der Waals surface area (Å²) in [5, 5.41) is 11.0. The number of aliphatic hydroxyl groups is 1. The van der Waals surface area contributed by atoms with Crippen LogP contribution < -0.4 is 4.74 Å². The molecule has 1 atom stereocenters. The van der Waals surface area contributed by atoms with Crippen LogP contribution in [0.4, 0.5) is 0 Å². The summed E-state index contributed by atoms with van der Waals surface area (Å²) in [7, 11) is 1.65. The topological polar surface area (TPSA) is 49.8 Å². The number of ether oxygens (including phenoxy) is 1. The molecule has 0 aliphatic carbocycles. The van der Waals surface area contributed by atoms with Gasteiger partial charge in [0, 0.05) is 17.7 Å². The van der Waals surface area contributed by atoms with Gasteiger partial charge in [-0.1, -0.05) is 60.7 Å². The summed E-state index contributed by atoms with van der Waals surface area (Å²) in [5.41, 5.74) is 2.49. The Bertz CT molecular complexity index is 969. The highest BCUT2D eigenvalue weighted by atomic mass is 16.5. The molecular weight excluding hydrogens is 350 g/mol. The summed E-state index contributed by atoms with van der Waals surface area (Å²) in [5.74, 6) is 0.743. The number of para-hydroxylation sites is 1. The maximum absolute atomic E-state index is 12.9. The summed E-state index contributed by atoms with van der Waals surface area (Å²) >= 11 is 0. The van der Waals surface area contributed by atoms with Crippen molar-refractivity contribution in [1.82, 2.24) is 4.90 Å². The molecule has 1 saturated heterocycles. The molecule has 1 amide bonds. The lowest BCUT2D eigenvalue weighted by molar-refractivity contribution is 0.0417. The number of hydrogen-bond donors (Lipinski definition) is 1. The monoisotopic (exact) mass is 373 g/mol. The minimum atomic E-state index is -0.978. The van der Waals surface area contributed by atoms with E-state index in [2.05, 4.69) is 0 Å². The first-order valence-electron chi connectivity index (χ1n) is 9.41. The molecule has 0 aromatic heterocycles. The van der Waals surface area contributed by atoms with Gasteiger partial charge in [-0.15, -0.1) is 0 Å². The fourth-order valence-corrected chi connectivity index (χ4v) is 3.81. The number of amides is 1. The van der Waals surface area contributed by atoms with Gasteiger partial charge in [-0.25, -0.2) is 0 Å².